The van der Waals surface area contributed by atoms with Crippen molar-refractivity contribution in [3.05, 3.63) is 0 Å². The van der Waals surface area contributed by atoms with Gasteiger partial charge in [0.1, 0.15) is 36.6 Å². The van der Waals surface area contributed by atoms with Gasteiger partial charge in [0.15, 0.2) is 24.8 Å². The Labute approximate surface area is 237 Å². The van der Waals surface area contributed by atoms with Crippen molar-refractivity contribution in [3.8, 4) is 0 Å². The second-order valence-corrected chi connectivity index (χ2v) is 12.5. The second kappa shape index (κ2) is 13.8. The van der Waals surface area contributed by atoms with E-state index in [1.165, 1.54) is 4.72 Å². The molecule has 0 saturated carbocycles. The van der Waals surface area contributed by atoms with Crippen LogP contribution in [-0.2, 0) is 82.5 Å². The van der Waals surface area contributed by atoms with E-state index in [1.54, 1.807) is 0 Å². The van der Waals surface area contributed by atoms with Crippen molar-refractivity contribution >= 4 is 47.5 Å². The normalized spacial score (nSPS) is 35.1. The summed E-state index contributed by atoms with van der Waals surface area (Å²) in [5.74, 6) is -1.95. The van der Waals surface area contributed by atoms with Crippen LogP contribution in [0, 0.1) is 0 Å². The summed E-state index contributed by atoms with van der Waals surface area (Å²) in [6, 6.07) is -2.41. The van der Waals surface area contributed by atoms with Crippen LogP contribution in [0.5, 0.6) is 0 Å². The lowest BCUT2D eigenvalue weighted by Gasteiger charge is -2.47. The molecule has 0 bridgehead atoms. The highest BCUT2D eigenvalue weighted by atomic mass is 32.3. The molecule has 0 spiro atoms. The molecule has 2 fully saturated rings. The van der Waals surface area contributed by atoms with Gasteiger partial charge in [-0.25, -0.2) is 17.3 Å². The molecular formula is C14H25NO23S4. The number of hydrogen-bond donors (Lipinski definition) is 7. The maximum Gasteiger partial charge on any atom is 0.397 e. The maximum atomic E-state index is 11.9. The SMILES string of the molecule is CO[C@@H]1O[C@@H](C(=O)O)[C@@H](O[C@@H]2O[C@H](COS(=O)(=O)O)[C@@H](OC)[C@H](OS(=O)(=O)O)[C@H]2NS(=O)(=O)O)[C@H](O)[C@H]1OS(=O)(=O)O. The maximum absolute atomic E-state index is 11.9. The van der Waals surface area contributed by atoms with Crippen LogP contribution in [0.2, 0.25) is 0 Å². The zero-order valence-corrected chi connectivity index (χ0v) is 24.0. The number of methoxy groups -OCH3 is 2. The molecule has 28 heteroatoms. The van der Waals surface area contributed by atoms with Crippen molar-refractivity contribution < 1.29 is 103 Å². The molecule has 0 aromatic heterocycles. The number of ether oxygens (including phenoxy) is 5. The quantitative estimate of drug-likeness (QED) is 0.0831. The summed E-state index contributed by atoms with van der Waals surface area (Å²) in [5.41, 5.74) is 0. The first-order chi connectivity index (χ1) is 19.0. The minimum absolute atomic E-state index is 0.807. The highest BCUT2D eigenvalue weighted by Gasteiger charge is 2.56. The van der Waals surface area contributed by atoms with Gasteiger partial charge in [-0.3, -0.25) is 18.2 Å². The minimum atomic E-state index is -5.57. The van der Waals surface area contributed by atoms with Crippen LogP contribution in [-0.4, -0.2) is 150 Å². The Morgan fingerprint density at radius 3 is 1.74 bits per heavy atom. The van der Waals surface area contributed by atoms with E-state index in [1.807, 2.05) is 0 Å². The predicted octanol–water partition coefficient (Wildman–Crippen LogP) is -5.12. The molecule has 0 aromatic rings. The largest absolute Gasteiger partial charge is 0.479 e. The minimum Gasteiger partial charge on any atom is -0.479 e. The van der Waals surface area contributed by atoms with E-state index in [-0.39, 0.29) is 0 Å². The van der Waals surface area contributed by atoms with E-state index < -0.39 is 115 Å². The number of aliphatic carboxylic acids is 1. The number of carboxylic acid groups (broad SMARTS) is 1. The standard InChI is InChI=1S/C14H25NO23S4/c1-31-7-4(3-33-40(22,23)24)34-13(5(15-39(19,20)21)8(7)37-41(25,26)27)35-9-6(16)10(38-42(28,29)30)14(32-2)36-11(9)12(17)18/h4-11,13-16H,3H2,1-2H3,(H,17,18)(H,19,20,21)(H,22,23,24)(H,25,26,27)(H,28,29,30)/t4-,5-,6+,7-,8-,9+,10-,11-,13+,14-/m1/s1. The number of hydrogen-bond acceptors (Lipinski definition) is 18. The molecule has 0 amide bonds. The highest BCUT2D eigenvalue weighted by Crippen LogP contribution is 2.33. The van der Waals surface area contributed by atoms with Crippen LogP contribution in [0.25, 0.3) is 0 Å². The van der Waals surface area contributed by atoms with Crippen LogP contribution >= 0.6 is 0 Å². The lowest BCUT2D eigenvalue weighted by Crippen LogP contribution is -2.69. The van der Waals surface area contributed by atoms with Gasteiger partial charge >= 0.3 is 47.5 Å². The van der Waals surface area contributed by atoms with E-state index in [0.29, 0.717) is 0 Å². The van der Waals surface area contributed by atoms with Gasteiger partial charge in [-0.2, -0.15) is 38.4 Å². The lowest BCUT2D eigenvalue weighted by molar-refractivity contribution is -0.334. The molecule has 2 rings (SSSR count). The van der Waals surface area contributed by atoms with Crippen molar-refractivity contribution in [3.63, 3.8) is 0 Å². The Balaban J connectivity index is 2.65. The first-order valence-corrected chi connectivity index (χ1v) is 16.1. The molecule has 24 nitrogen and oxygen atoms in total. The summed E-state index contributed by atoms with van der Waals surface area (Å²) in [6.07, 6.45) is -20.4. The van der Waals surface area contributed by atoms with Gasteiger partial charge in [0.25, 0.3) is 0 Å². The summed E-state index contributed by atoms with van der Waals surface area (Å²) in [5, 5.41) is 20.4. The van der Waals surface area contributed by atoms with E-state index in [4.69, 9.17) is 32.8 Å². The summed E-state index contributed by atoms with van der Waals surface area (Å²) in [4.78, 5) is 11.9. The highest BCUT2D eigenvalue weighted by molar-refractivity contribution is 7.83. The van der Waals surface area contributed by atoms with Crippen molar-refractivity contribution in [1.82, 2.24) is 4.72 Å². The second-order valence-electron chi connectivity index (χ2n) is 8.14. The van der Waals surface area contributed by atoms with Gasteiger partial charge < -0.3 is 33.9 Å². The molecule has 10 atom stereocenters. The summed E-state index contributed by atoms with van der Waals surface area (Å²) < 4.78 is 167. The molecule has 2 aliphatic rings. The lowest BCUT2D eigenvalue weighted by atomic mass is 9.96. The van der Waals surface area contributed by atoms with Gasteiger partial charge in [0, 0.05) is 14.2 Å². The van der Waals surface area contributed by atoms with E-state index in [9.17, 15) is 57.8 Å². The summed E-state index contributed by atoms with van der Waals surface area (Å²) >= 11 is 0. The molecule has 0 aliphatic carbocycles. The Morgan fingerprint density at radius 1 is 0.762 bits per heavy atom. The number of rotatable bonds is 14. The van der Waals surface area contributed by atoms with Crippen LogP contribution < -0.4 is 4.72 Å². The van der Waals surface area contributed by atoms with Gasteiger partial charge in [0.2, 0.25) is 0 Å². The topological polar surface area (TPSA) is 361 Å². The van der Waals surface area contributed by atoms with Gasteiger partial charge in [-0.05, 0) is 0 Å². The molecule has 0 radical (unpaired) electrons. The Morgan fingerprint density at radius 2 is 1.31 bits per heavy atom. The molecule has 0 unspecified atom stereocenters. The third-order valence-corrected chi connectivity index (χ3v) is 7.27. The van der Waals surface area contributed by atoms with Crippen molar-refractivity contribution in [1.29, 1.82) is 0 Å². The molecule has 2 aliphatic heterocycles. The molecule has 42 heavy (non-hydrogen) atoms. The Bertz CT molecular complexity index is 1380. The van der Waals surface area contributed by atoms with Crippen LogP contribution in [0.15, 0.2) is 0 Å². The third kappa shape index (κ3) is 10.7. The van der Waals surface area contributed by atoms with Crippen LogP contribution in [0.1, 0.15) is 0 Å². The summed E-state index contributed by atoms with van der Waals surface area (Å²) in [7, 11) is -20.0. The number of carbonyl (C=O) groups is 1. The first-order valence-electron chi connectivity index (χ1n) is 10.6. The number of nitrogens with one attached hydrogen (secondary N) is 1. The van der Waals surface area contributed by atoms with E-state index >= 15 is 0 Å². The number of carboxylic acids is 1. The number of aliphatic hydroxyl groups excluding tert-OH is 1. The molecule has 2 saturated heterocycles. The smallest absolute Gasteiger partial charge is 0.397 e. The summed E-state index contributed by atoms with van der Waals surface area (Å²) in [6.45, 7) is -1.28. The molecule has 248 valence electrons. The van der Waals surface area contributed by atoms with E-state index in [0.717, 1.165) is 14.2 Å². The first kappa shape index (κ1) is 36.9. The fourth-order valence-electron chi connectivity index (χ4n) is 3.91. The molecule has 7 N–H and O–H groups in total. The van der Waals surface area contributed by atoms with Crippen molar-refractivity contribution in [2.24, 2.45) is 0 Å². The van der Waals surface area contributed by atoms with Crippen LogP contribution in [0.4, 0.5) is 0 Å². The fourth-order valence-corrected chi connectivity index (χ4v) is 5.80. The fraction of sp³-hybridized carbons (Fsp3) is 0.929. The predicted molar refractivity (Wildman–Crippen MR) is 122 cm³/mol. The Kier molecular flexibility index (Phi) is 12.1. The van der Waals surface area contributed by atoms with Crippen LogP contribution in [0.3, 0.4) is 0 Å². The van der Waals surface area contributed by atoms with Gasteiger partial charge in [0.05, 0.1) is 6.61 Å². The zero-order valence-electron chi connectivity index (χ0n) is 20.7. The van der Waals surface area contributed by atoms with Gasteiger partial charge in [-0.1, -0.05) is 0 Å². The average molecular weight is 704 g/mol. The Hall–Kier alpha value is -1.29. The van der Waals surface area contributed by atoms with E-state index in [2.05, 4.69) is 12.5 Å². The van der Waals surface area contributed by atoms with Gasteiger partial charge in [-0.15, -0.1) is 0 Å². The average Bonchev–Trinajstić information content (AvgIpc) is 2.79. The zero-order chi connectivity index (χ0) is 32.4. The van der Waals surface area contributed by atoms with Crippen molar-refractivity contribution in [2.75, 3.05) is 20.8 Å². The molecule has 2 heterocycles. The van der Waals surface area contributed by atoms with Crippen molar-refractivity contribution in [2.45, 2.75) is 61.3 Å². The monoisotopic (exact) mass is 703 g/mol. The molecular weight excluding hydrogens is 678 g/mol. The third-order valence-electron chi connectivity index (χ3n) is 5.34. The molecule has 0 aromatic carbocycles. The number of aliphatic hydroxyl groups is 1.